The molecule has 13 heteroatoms. The van der Waals surface area contributed by atoms with Crippen molar-refractivity contribution in [3.63, 3.8) is 0 Å². The lowest BCUT2D eigenvalue weighted by atomic mass is 9.81. The summed E-state index contributed by atoms with van der Waals surface area (Å²) >= 11 is 6.41. The maximum Gasteiger partial charge on any atom is 0.353 e. The molecular formula is C36H36ClNO10S. The van der Waals surface area contributed by atoms with Gasteiger partial charge < -0.3 is 19.4 Å². The maximum absolute atomic E-state index is 12.9. The zero-order chi connectivity index (χ0) is 35.2. The predicted molar refractivity (Wildman–Crippen MR) is 179 cm³/mol. The number of carboxylic acid groups (broad SMARTS) is 1. The number of carboxylic acids is 1. The first-order valence-corrected chi connectivity index (χ1v) is 18.1. The zero-order valence-electron chi connectivity index (χ0n) is 26.8. The van der Waals surface area contributed by atoms with Gasteiger partial charge in [-0.25, -0.2) is 13.2 Å². The number of halogens is 1. The van der Waals surface area contributed by atoms with Crippen LogP contribution in [0.2, 0.25) is 5.02 Å². The number of ether oxygens (including phenoxy) is 2. The molecule has 1 aliphatic carbocycles. The number of hydrogen-bond donors (Lipinski definition) is 1. The van der Waals surface area contributed by atoms with E-state index in [9.17, 15) is 27.6 Å². The van der Waals surface area contributed by atoms with E-state index in [4.69, 9.17) is 31.0 Å². The van der Waals surface area contributed by atoms with E-state index < -0.39 is 44.7 Å². The van der Waals surface area contributed by atoms with Crippen LogP contribution >= 0.6 is 11.6 Å². The Morgan fingerprint density at radius 2 is 1.57 bits per heavy atom. The molecule has 1 saturated carbocycles. The van der Waals surface area contributed by atoms with Crippen molar-refractivity contribution in [3.8, 4) is 0 Å². The molecule has 11 nitrogen and oxygen atoms in total. The fourth-order valence-electron chi connectivity index (χ4n) is 6.14. The fraction of sp³-hybridized carbons (Fsp3) is 0.361. The van der Waals surface area contributed by atoms with Crippen molar-refractivity contribution in [2.45, 2.75) is 61.7 Å². The first-order valence-electron chi connectivity index (χ1n) is 15.8. The molecule has 3 aliphatic rings. The molecule has 2 aliphatic heterocycles. The topological polar surface area (TPSA) is 163 Å². The van der Waals surface area contributed by atoms with E-state index in [-0.39, 0.29) is 65.3 Å². The number of hydrogen-bond acceptors (Lipinski definition) is 10. The lowest BCUT2D eigenvalue weighted by Crippen LogP contribution is -2.35. The van der Waals surface area contributed by atoms with Crippen LogP contribution < -0.4 is 0 Å². The van der Waals surface area contributed by atoms with Crippen molar-refractivity contribution in [3.05, 3.63) is 100 Å². The van der Waals surface area contributed by atoms with E-state index in [1.807, 2.05) is 60.7 Å². The van der Waals surface area contributed by atoms with Crippen molar-refractivity contribution in [1.29, 1.82) is 0 Å². The molecule has 1 atom stereocenters. The summed E-state index contributed by atoms with van der Waals surface area (Å²) in [5, 5.41) is 12.8. The SMILES string of the molecule is CS(=O)(=O)c1ccc(C(=O)C2C(=O)CCCC2=O)c(Cl)c1COCC1CCCO1.O=C(O)C1=NOC(c2ccccc2)(c2ccccc2)C1. The van der Waals surface area contributed by atoms with Crippen molar-refractivity contribution >= 4 is 50.5 Å². The van der Waals surface area contributed by atoms with Crippen LogP contribution in [0.1, 0.15) is 65.6 Å². The quantitative estimate of drug-likeness (QED) is 0.214. The fourth-order valence-corrected chi connectivity index (χ4v) is 7.43. The van der Waals surface area contributed by atoms with Crippen LogP contribution in [-0.2, 0) is 50.7 Å². The smallest absolute Gasteiger partial charge is 0.353 e. The van der Waals surface area contributed by atoms with Crippen molar-refractivity contribution in [2.24, 2.45) is 11.1 Å². The molecule has 1 unspecified atom stereocenters. The average molecular weight is 710 g/mol. The minimum atomic E-state index is -3.64. The van der Waals surface area contributed by atoms with Crippen LogP contribution in [0, 0.1) is 5.92 Å². The van der Waals surface area contributed by atoms with Crippen LogP contribution in [0.4, 0.5) is 0 Å². The van der Waals surface area contributed by atoms with E-state index in [1.165, 1.54) is 12.1 Å². The average Bonchev–Trinajstić information content (AvgIpc) is 3.78. The number of oxime groups is 1. The molecule has 0 aromatic heterocycles. The normalized spacial score (nSPS) is 19.1. The Bertz CT molecular complexity index is 1800. The second-order valence-electron chi connectivity index (χ2n) is 12.1. The monoisotopic (exact) mass is 709 g/mol. The van der Waals surface area contributed by atoms with E-state index in [0.29, 0.717) is 13.0 Å². The molecule has 3 aromatic carbocycles. The second kappa shape index (κ2) is 15.5. The molecule has 49 heavy (non-hydrogen) atoms. The summed E-state index contributed by atoms with van der Waals surface area (Å²) in [6.07, 6.45) is 3.77. The Balaban J connectivity index is 0.000000204. The number of sulfone groups is 1. The third-order valence-electron chi connectivity index (χ3n) is 8.65. The van der Waals surface area contributed by atoms with Gasteiger partial charge in [0.2, 0.25) is 0 Å². The summed E-state index contributed by atoms with van der Waals surface area (Å²) < 4.78 is 35.5. The van der Waals surface area contributed by atoms with Gasteiger partial charge in [0.05, 0.1) is 35.7 Å². The molecule has 1 saturated heterocycles. The van der Waals surface area contributed by atoms with Crippen LogP contribution in [0.5, 0.6) is 0 Å². The Labute approximate surface area is 289 Å². The standard InChI is InChI=1S/C20H23ClO7S.C16H13NO3/c1-29(25,26)17-8-7-13(20(24)18-15(22)5-2-6-16(18)23)19(21)14(17)11-27-10-12-4-3-9-28-12;18-15(19)14-11-16(20-17-14,12-7-3-1-4-8-12)13-9-5-2-6-10-13/h7-8,12,18H,2-6,9-11H2,1H3;1-10H,11H2,(H,18,19). The van der Waals surface area contributed by atoms with Gasteiger partial charge in [-0.1, -0.05) is 77.4 Å². The summed E-state index contributed by atoms with van der Waals surface area (Å²) in [6.45, 7) is 0.808. The van der Waals surface area contributed by atoms with Gasteiger partial charge in [-0.05, 0) is 31.4 Å². The molecule has 2 heterocycles. The molecule has 0 amide bonds. The largest absolute Gasteiger partial charge is 0.477 e. The highest BCUT2D eigenvalue weighted by Crippen LogP contribution is 2.41. The van der Waals surface area contributed by atoms with Crippen molar-refractivity contribution in [1.82, 2.24) is 0 Å². The summed E-state index contributed by atoms with van der Waals surface area (Å²) in [4.78, 5) is 53.9. The first-order chi connectivity index (χ1) is 23.4. The molecule has 258 valence electrons. The van der Waals surface area contributed by atoms with Gasteiger partial charge in [0.1, 0.15) is 5.92 Å². The van der Waals surface area contributed by atoms with E-state index >= 15 is 0 Å². The first kappa shape index (κ1) is 36.1. The number of nitrogens with zero attached hydrogens (tertiary/aromatic N) is 1. The van der Waals surface area contributed by atoms with Gasteiger partial charge in [0, 0.05) is 48.0 Å². The van der Waals surface area contributed by atoms with Crippen LogP contribution in [0.25, 0.3) is 0 Å². The number of benzene rings is 3. The minimum Gasteiger partial charge on any atom is -0.477 e. The molecular weight excluding hydrogens is 674 g/mol. The van der Waals surface area contributed by atoms with Crippen molar-refractivity contribution < 1.29 is 47.0 Å². The zero-order valence-corrected chi connectivity index (χ0v) is 28.4. The number of carbonyl (C=O) groups excluding carboxylic acids is 3. The summed E-state index contributed by atoms with van der Waals surface area (Å²) in [6, 6.07) is 21.7. The van der Waals surface area contributed by atoms with Gasteiger partial charge in [-0.15, -0.1) is 0 Å². The third kappa shape index (κ3) is 8.16. The lowest BCUT2D eigenvalue weighted by Gasteiger charge is -2.27. The number of ketones is 3. The summed E-state index contributed by atoms with van der Waals surface area (Å²) in [5.74, 6) is -3.95. The number of rotatable bonds is 10. The number of carbonyl (C=O) groups is 4. The highest BCUT2D eigenvalue weighted by molar-refractivity contribution is 7.90. The highest BCUT2D eigenvalue weighted by atomic mass is 35.5. The number of Topliss-reactive ketones (excluding diaryl/α,β-unsaturated/α-hetero) is 3. The molecule has 0 spiro atoms. The lowest BCUT2D eigenvalue weighted by molar-refractivity contribution is -0.133. The summed E-state index contributed by atoms with van der Waals surface area (Å²) in [7, 11) is -3.64. The minimum absolute atomic E-state index is 0.0385. The van der Waals surface area contributed by atoms with Gasteiger partial charge in [0.15, 0.2) is 38.5 Å². The molecule has 0 radical (unpaired) electrons. The van der Waals surface area contributed by atoms with Gasteiger partial charge in [-0.2, -0.15) is 0 Å². The molecule has 2 fully saturated rings. The Hall–Kier alpha value is -4.23. The Kier molecular flexibility index (Phi) is 11.4. The van der Waals surface area contributed by atoms with Gasteiger partial charge in [-0.3, -0.25) is 14.4 Å². The predicted octanol–water partition coefficient (Wildman–Crippen LogP) is 5.35. The van der Waals surface area contributed by atoms with Gasteiger partial charge >= 0.3 is 5.97 Å². The Morgan fingerprint density at radius 1 is 0.959 bits per heavy atom. The highest BCUT2D eigenvalue weighted by Gasteiger charge is 2.44. The number of aliphatic carboxylic acids is 1. The third-order valence-corrected chi connectivity index (χ3v) is 10.3. The molecule has 0 bridgehead atoms. The second-order valence-corrected chi connectivity index (χ2v) is 14.4. The van der Waals surface area contributed by atoms with Crippen LogP contribution in [0.15, 0.2) is 82.8 Å². The van der Waals surface area contributed by atoms with Crippen LogP contribution in [0.3, 0.4) is 0 Å². The molecule has 6 rings (SSSR count). The van der Waals surface area contributed by atoms with Gasteiger partial charge in [0.25, 0.3) is 0 Å². The molecule has 3 aromatic rings. The van der Waals surface area contributed by atoms with Crippen molar-refractivity contribution in [2.75, 3.05) is 19.5 Å². The summed E-state index contributed by atoms with van der Waals surface area (Å²) in [5.41, 5.74) is 1.09. The van der Waals surface area contributed by atoms with E-state index in [0.717, 1.165) is 30.2 Å². The van der Waals surface area contributed by atoms with E-state index in [2.05, 4.69) is 5.16 Å². The van der Waals surface area contributed by atoms with E-state index in [1.54, 1.807) is 0 Å². The molecule has 1 N–H and O–H groups in total. The Morgan fingerprint density at radius 3 is 2.08 bits per heavy atom. The maximum atomic E-state index is 12.9. The van der Waals surface area contributed by atoms with Crippen LogP contribution in [-0.4, -0.2) is 68.1 Å².